The summed E-state index contributed by atoms with van der Waals surface area (Å²) in [5.74, 6) is -0.961. The Balaban J connectivity index is 1.47. The van der Waals surface area contributed by atoms with E-state index in [0.29, 0.717) is 29.1 Å². The first-order valence-electron chi connectivity index (χ1n) is 10.0. The molecule has 0 saturated carbocycles. The third-order valence-electron chi connectivity index (χ3n) is 5.23. The molecule has 3 amide bonds. The standard InChI is InChI=1S/C23H21FN4O3/c1-2-20-19(13-25-28(20)18-9-5-16(24)6-10-18)23(31)26-17-7-3-15(4-8-17)14-27-21(29)11-12-22(27)30/h3-10,13H,2,11-12,14H2,1H3,(H,26,31). The molecule has 1 saturated heterocycles. The lowest BCUT2D eigenvalue weighted by molar-refractivity contribution is -0.139. The molecule has 0 unspecified atom stereocenters. The van der Waals surface area contributed by atoms with Gasteiger partial charge < -0.3 is 5.32 Å². The maximum Gasteiger partial charge on any atom is 0.259 e. The summed E-state index contributed by atoms with van der Waals surface area (Å²) in [6, 6.07) is 12.9. The van der Waals surface area contributed by atoms with Crippen molar-refractivity contribution < 1.29 is 18.8 Å². The molecule has 2 aromatic carbocycles. The minimum absolute atomic E-state index is 0.160. The lowest BCUT2D eigenvalue weighted by Crippen LogP contribution is -2.28. The van der Waals surface area contributed by atoms with Crippen molar-refractivity contribution in [1.29, 1.82) is 0 Å². The number of carbonyl (C=O) groups excluding carboxylic acids is 3. The van der Waals surface area contributed by atoms with Crippen LogP contribution in [-0.2, 0) is 22.6 Å². The third-order valence-corrected chi connectivity index (χ3v) is 5.23. The van der Waals surface area contributed by atoms with Crippen LogP contribution in [0.3, 0.4) is 0 Å². The fourth-order valence-electron chi connectivity index (χ4n) is 3.58. The maximum atomic E-state index is 13.2. The average molecular weight is 420 g/mol. The highest BCUT2D eigenvalue weighted by Gasteiger charge is 2.28. The number of rotatable bonds is 6. The van der Waals surface area contributed by atoms with Gasteiger partial charge in [-0.25, -0.2) is 9.07 Å². The van der Waals surface area contributed by atoms with Crippen molar-refractivity contribution in [2.24, 2.45) is 0 Å². The molecule has 1 aliphatic heterocycles. The van der Waals surface area contributed by atoms with Crippen molar-refractivity contribution in [3.05, 3.63) is 77.4 Å². The molecule has 8 heteroatoms. The smallest absolute Gasteiger partial charge is 0.259 e. The van der Waals surface area contributed by atoms with E-state index in [1.165, 1.54) is 23.2 Å². The number of nitrogens with one attached hydrogen (secondary N) is 1. The first-order valence-corrected chi connectivity index (χ1v) is 10.0. The summed E-state index contributed by atoms with van der Waals surface area (Å²) in [5, 5.41) is 7.14. The Labute approximate surface area is 178 Å². The zero-order chi connectivity index (χ0) is 22.0. The number of carbonyl (C=O) groups is 3. The van der Waals surface area contributed by atoms with Crippen molar-refractivity contribution in [2.75, 3.05) is 5.32 Å². The van der Waals surface area contributed by atoms with E-state index in [0.717, 1.165) is 5.56 Å². The number of likely N-dealkylation sites (tertiary alicyclic amines) is 1. The van der Waals surface area contributed by atoms with E-state index in [9.17, 15) is 18.8 Å². The molecule has 1 aromatic heterocycles. The summed E-state index contributed by atoms with van der Waals surface area (Å²) in [6.45, 7) is 2.15. The van der Waals surface area contributed by atoms with Gasteiger partial charge in [-0.1, -0.05) is 19.1 Å². The zero-order valence-corrected chi connectivity index (χ0v) is 17.0. The molecule has 7 nitrogen and oxygen atoms in total. The molecule has 0 radical (unpaired) electrons. The highest BCUT2D eigenvalue weighted by molar-refractivity contribution is 6.05. The fourth-order valence-corrected chi connectivity index (χ4v) is 3.58. The second-order valence-electron chi connectivity index (χ2n) is 7.27. The van der Waals surface area contributed by atoms with Gasteiger partial charge in [0.2, 0.25) is 11.8 Å². The molecule has 158 valence electrons. The first kappa shape index (κ1) is 20.5. The normalized spacial score (nSPS) is 13.7. The first-order chi connectivity index (χ1) is 15.0. The van der Waals surface area contributed by atoms with Gasteiger partial charge in [-0.05, 0) is 48.4 Å². The Morgan fingerprint density at radius 3 is 2.29 bits per heavy atom. The lowest BCUT2D eigenvalue weighted by atomic mass is 10.1. The van der Waals surface area contributed by atoms with E-state index in [1.54, 1.807) is 41.1 Å². The zero-order valence-electron chi connectivity index (χ0n) is 17.0. The van der Waals surface area contributed by atoms with Gasteiger partial charge in [-0.3, -0.25) is 19.3 Å². The van der Waals surface area contributed by atoms with Crippen molar-refractivity contribution >= 4 is 23.4 Å². The SMILES string of the molecule is CCc1c(C(=O)Nc2ccc(CN3C(=O)CCC3=O)cc2)cnn1-c1ccc(F)cc1. The number of amides is 3. The Morgan fingerprint density at radius 1 is 1.03 bits per heavy atom. The van der Waals surface area contributed by atoms with E-state index in [-0.39, 0.29) is 42.9 Å². The van der Waals surface area contributed by atoms with Crippen LogP contribution in [0, 0.1) is 5.82 Å². The van der Waals surface area contributed by atoms with Crippen LogP contribution >= 0.6 is 0 Å². The van der Waals surface area contributed by atoms with Gasteiger partial charge in [0, 0.05) is 18.5 Å². The van der Waals surface area contributed by atoms with E-state index < -0.39 is 0 Å². The number of anilines is 1. The predicted molar refractivity (Wildman–Crippen MR) is 112 cm³/mol. The number of halogens is 1. The van der Waals surface area contributed by atoms with E-state index in [1.807, 2.05) is 6.92 Å². The minimum Gasteiger partial charge on any atom is -0.322 e. The Kier molecular flexibility index (Phi) is 5.62. The highest BCUT2D eigenvalue weighted by Crippen LogP contribution is 2.20. The van der Waals surface area contributed by atoms with Crippen LogP contribution in [0.4, 0.5) is 10.1 Å². The summed E-state index contributed by atoms with van der Waals surface area (Å²) in [7, 11) is 0. The van der Waals surface area contributed by atoms with Crippen LogP contribution in [-0.4, -0.2) is 32.4 Å². The van der Waals surface area contributed by atoms with E-state index in [4.69, 9.17) is 0 Å². The van der Waals surface area contributed by atoms with E-state index >= 15 is 0 Å². The van der Waals surface area contributed by atoms with Crippen LogP contribution in [0.15, 0.2) is 54.7 Å². The monoisotopic (exact) mass is 420 g/mol. The molecule has 0 aliphatic carbocycles. The van der Waals surface area contributed by atoms with Gasteiger partial charge in [0.1, 0.15) is 5.82 Å². The Bertz CT molecular complexity index is 1120. The number of aromatic nitrogens is 2. The minimum atomic E-state index is -0.339. The van der Waals surface area contributed by atoms with Gasteiger partial charge in [0.05, 0.1) is 29.7 Å². The van der Waals surface area contributed by atoms with Gasteiger partial charge in [-0.15, -0.1) is 0 Å². The topological polar surface area (TPSA) is 84.3 Å². The quantitative estimate of drug-likeness (QED) is 0.619. The maximum absolute atomic E-state index is 13.2. The molecule has 1 fully saturated rings. The largest absolute Gasteiger partial charge is 0.322 e. The summed E-state index contributed by atoms with van der Waals surface area (Å²) in [4.78, 5) is 37.6. The molecule has 1 N–H and O–H groups in total. The molecule has 3 aromatic rings. The number of hydrogen-bond donors (Lipinski definition) is 1. The molecule has 0 spiro atoms. The second kappa shape index (κ2) is 8.51. The Morgan fingerprint density at radius 2 is 1.68 bits per heavy atom. The number of imide groups is 1. The van der Waals surface area contributed by atoms with E-state index in [2.05, 4.69) is 10.4 Å². The predicted octanol–water partition coefficient (Wildman–Crippen LogP) is 3.48. The van der Waals surface area contributed by atoms with Crippen LogP contribution in [0.1, 0.15) is 41.4 Å². The molecule has 4 rings (SSSR count). The summed E-state index contributed by atoms with van der Waals surface area (Å²) in [5.41, 5.74) is 3.22. The molecule has 2 heterocycles. The molecule has 1 aliphatic rings. The molecule has 0 atom stereocenters. The summed E-state index contributed by atoms with van der Waals surface area (Å²) in [6.07, 6.45) is 2.59. The summed E-state index contributed by atoms with van der Waals surface area (Å²) < 4.78 is 14.8. The van der Waals surface area contributed by atoms with Gasteiger partial charge in [0.15, 0.2) is 0 Å². The average Bonchev–Trinajstić information content (AvgIpc) is 3.34. The molecular weight excluding hydrogens is 399 g/mol. The number of hydrogen-bond acceptors (Lipinski definition) is 4. The van der Waals surface area contributed by atoms with Crippen LogP contribution < -0.4 is 5.32 Å². The lowest BCUT2D eigenvalue weighted by Gasteiger charge is -2.14. The molecule has 31 heavy (non-hydrogen) atoms. The van der Waals surface area contributed by atoms with Crippen molar-refractivity contribution in [3.8, 4) is 5.69 Å². The van der Waals surface area contributed by atoms with Crippen molar-refractivity contribution in [2.45, 2.75) is 32.7 Å². The second-order valence-corrected chi connectivity index (χ2v) is 7.27. The van der Waals surface area contributed by atoms with Gasteiger partial charge in [0.25, 0.3) is 5.91 Å². The number of nitrogens with zero attached hydrogens (tertiary/aromatic N) is 3. The van der Waals surface area contributed by atoms with Gasteiger partial charge >= 0.3 is 0 Å². The van der Waals surface area contributed by atoms with Crippen LogP contribution in [0.5, 0.6) is 0 Å². The molecule has 0 bridgehead atoms. The Hall–Kier alpha value is -3.81. The van der Waals surface area contributed by atoms with Crippen LogP contribution in [0.25, 0.3) is 5.69 Å². The van der Waals surface area contributed by atoms with Gasteiger partial charge in [-0.2, -0.15) is 5.10 Å². The third kappa shape index (κ3) is 4.23. The summed E-state index contributed by atoms with van der Waals surface area (Å²) >= 11 is 0. The highest BCUT2D eigenvalue weighted by atomic mass is 19.1. The number of benzene rings is 2. The molecular formula is C23H21FN4O3. The van der Waals surface area contributed by atoms with Crippen molar-refractivity contribution in [1.82, 2.24) is 14.7 Å². The van der Waals surface area contributed by atoms with Crippen LogP contribution in [0.2, 0.25) is 0 Å². The van der Waals surface area contributed by atoms with Crippen molar-refractivity contribution in [3.63, 3.8) is 0 Å². The fraction of sp³-hybridized carbons (Fsp3) is 0.217.